The summed E-state index contributed by atoms with van der Waals surface area (Å²) in [7, 11) is 0. The highest BCUT2D eigenvalue weighted by Crippen LogP contribution is 2.50. The quantitative estimate of drug-likeness (QED) is 0.398. The maximum atomic E-state index is 13.0. The van der Waals surface area contributed by atoms with Crippen LogP contribution < -0.4 is 10.1 Å². The molecule has 1 amide bonds. The van der Waals surface area contributed by atoms with E-state index >= 15 is 0 Å². The number of pyridine rings is 1. The summed E-state index contributed by atoms with van der Waals surface area (Å²) in [5.41, 5.74) is 3.34. The molecule has 0 spiro atoms. The molecular formula is C29H36ClN3O2. The van der Waals surface area contributed by atoms with Crippen LogP contribution in [0.2, 0.25) is 5.02 Å². The summed E-state index contributed by atoms with van der Waals surface area (Å²) < 4.78 is 8.03. The number of aryl methyl sites for hydroxylation is 1. The summed E-state index contributed by atoms with van der Waals surface area (Å²) in [4.78, 5) is 17.6. The zero-order chi connectivity index (χ0) is 24.6. The van der Waals surface area contributed by atoms with Gasteiger partial charge >= 0.3 is 0 Å². The van der Waals surface area contributed by atoms with Gasteiger partial charge in [0.2, 0.25) is 0 Å². The molecule has 5 nitrogen and oxygen atoms in total. The van der Waals surface area contributed by atoms with Crippen molar-refractivity contribution in [2.24, 2.45) is 23.2 Å². The number of ether oxygens (including phenoxy) is 1. The molecule has 6 heteroatoms. The highest BCUT2D eigenvalue weighted by molar-refractivity contribution is 6.30. The molecule has 2 heterocycles. The van der Waals surface area contributed by atoms with E-state index < -0.39 is 0 Å². The Bertz CT molecular complexity index is 1180. The summed E-state index contributed by atoms with van der Waals surface area (Å²) in [5, 5.41) is 3.61. The van der Waals surface area contributed by atoms with Crippen LogP contribution in [-0.4, -0.2) is 21.9 Å². The van der Waals surface area contributed by atoms with Gasteiger partial charge in [-0.05, 0) is 86.1 Å². The maximum Gasteiger partial charge on any atom is 0.270 e. The first kappa shape index (κ1) is 24.2. The fourth-order valence-corrected chi connectivity index (χ4v) is 6.77. The number of nitrogens with one attached hydrogen (secondary N) is 1. The number of imidazole rings is 1. The Hall–Kier alpha value is -2.53. The van der Waals surface area contributed by atoms with Gasteiger partial charge in [0.1, 0.15) is 17.1 Å². The van der Waals surface area contributed by atoms with E-state index in [9.17, 15) is 4.79 Å². The van der Waals surface area contributed by atoms with E-state index in [-0.39, 0.29) is 11.3 Å². The van der Waals surface area contributed by atoms with E-state index in [0.29, 0.717) is 23.7 Å². The maximum absolute atomic E-state index is 13.0. The van der Waals surface area contributed by atoms with Crippen LogP contribution in [-0.2, 0) is 13.0 Å². The van der Waals surface area contributed by atoms with Crippen LogP contribution in [0.5, 0.6) is 5.75 Å². The second-order valence-corrected chi connectivity index (χ2v) is 11.7. The van der Waals surface area contributed by atoms with Crippen LogP contribution in [0.3, 0.4) is 0 Å². The Morgan fingerprint density at radius 3 is 2.54 bits per heavy atom. The molecule has 2 unspecified atom stereocenters. The molecule has 0 aliphatic heterocycles. The van der Waals surface area contributed by atoms with Gasteiger partial charge in [-0.15, -0.1) is 0 Å². The van der Waals surface area contributed by atoms with E-state index in [1.807, 2.05) is 37.3 Å². The number of hydrogen-bond donors (Lipinski definition) is 1. The molecule has 1 aromatic carbocycles. The number of hydrogen-bond acceptors (Lipinski definition) is 3. The molecular weight excluding hydrogens is 458 g/mol. The predicted octanol–water partition coefficient (Wildman–Crippen LogP) is 6.71. The average molecular weight is 494 g/mol. The van der Waals surface area contributed by atoms with Gasteiger partial charge < -0.3 is 10.1 Å². The van der Waals surface area contributed by atoms with Crippen molar-refractivity contribution in [3.8, 4) is 5.75 Å². The van der Waals surface area contributed by atoms with Gasteiger partial charge in [-0.25, -0.2) is 4.98 Å². The number of aromatic nitrogens is 2. The van der Waals surface area contributed by atoms with Crippen molar-refractivity contribution in [3.63, 3.8) is 0 Å². The van der Waals surface area contributed by atoms with E-state index in [2.05, 4.69) is 24.1 Å². The fourth-order valence-electron chi connectivity index (χ4n) is 6.61. The molecule has 0 radical (unpaired) electrons. The van der Waals surface area contributed by atoms with Crippen molar-refractivity contribution in [3.05, 3.63) is 64.6 Å². The Labute approximate surface area is 213 Å². The molecule has 2 fully saturated rings. The second-order valence-electron chi connectivity index (χ2n) is 11.2. The standard InChI is InChI=1S/C29H36ClN3O2/c1-4-25-27(33-17-23(30)7-10-26(33)32-25)28(34)31-16-20-5-8-24(9-6-20)35-18-29(3)14-21-11-19(2)12-22(13-21)15-29/h5-10,17,19,21-22H,4,11-16,18H2,1-3H3,(H,31,34). The summed E-state index contributed by atoms with van der Waals surface area (Å²) in [6, 6.07) is 11.7. The van der Waals surface area contributed by atoms with E-state index in [4.69, 9.17) is 16.3 Å². The average Bonchev–Trinajstić information content (AvgIpc) is 3.19. The number of benzene rings is 1. The largest absolute Gasteiger partial charge is 0.493 e. The second kappa shape index (κ2) is 9.85. The zero-order valence-electron chi connectivity index (χ0n) is 21.0. The van der Waals surface area contributed by atoms with Crippen LogP contribution >= 0.6 is 11.6 Å². The molecule has 2 aliphatic carbocycles. The minimum atomic E-state index is -0.151. The monoisotopic (exact) mass is 493 g/mol. The van der Waals surface area contributed by atoms with Gasteiger partial charge in [0.15, 0.2) is 0 Å². The number of carbonyl (C=O) groups is 1. The summed E-state index contributed by atoms with van der Waals surface area (Å²) in [6.45, 7) is 8.04. The normalized spacial score (nSPS) is 26.0. The molecule has 2 atom stereocenters. The minimum Gasteiger partial charge on any atom is -0.493 e. The van der Waals surface area contributed by atoms with Gasteiger partial charge in [0, 0.05) is 18.2 Å². The summed E-state index contributed by atoms with van der Waals surface area (Å²) in [6.07, 6.45) is 9.17. The topological polar surface area (TPSA) is 55.6 Å². The number of amides is 1. The molecule has 186 valence electrons. The summed E-state index contributed by atoms with van der Waals surface area (Å²) in [5.74, 6) is 3.37. The highest BCUT2D eigenvalue weighted by Gasteiger charge is 2.41. The first-order chi connectivity index (χ1) is 16.8. The highest BCUT2D eigenvalue weighted by atomic mass is 35.5. The Morgan fingerprint density at radius 2 is 1.86 bits per heavy atom. The lowest BCUT2D eigenvalue weighted by molar-refractivity contribution is 0.0146. The Kier molecular flexibility index (Phi) is 6.80. The Morgan fingerprint density at radius 1 is 1.14 bits per heavy atom. The molecule has 5 rings (SSSR count). The molecule has 35 heavy (non-hydrogen) atoms. The van der Waals surface area contributed by atoms with Crippen LogP contribution in [0.4, 0.5) is 0 Å². The van der Waals surface area contributed by atoms with Crippen molar-refractivity contribution in [1.29, 1.82) is 0 Å². The number of carbonyl (C=O) groups excluding carboxylic acids is 1. The predicted molar refractivity (Wildman–Crippen MR) is 140 cm³/mol. The Balaban J connectivity index is 1.18. The smallest absolute Gasteiger partial charge is 0.270 e. The van der Waals surface area contributed by atoms with Crippen molar-refractivity contribution in [2.75, 3.05) is 6.61 Å². The lowest BCUT2D eigenvalue weighted by Crippen LogP contribution is -2.39. The van der Waals surface area contributed by atoms with Crippen LogP contribution in [0.1, 0.15) is 74.6 Å². The fraction of sp³-hybridized carbons (Fsp3) is 0.517. The SMILES string of the molecule is CCc1nc2ccc(Cl)cn2c1C(=O)NCc1ccc(OCC2(C)CC3CC(C)CC(C3)C2)cc1. The van der Waals surface area contributed by atoms with Crippen molar-refractivity contribution >= 4 is 23.2 Å². The lowest BCUT2D eigenvalue weighted by Gasteiger charge is -2.47. The molecule has 2 aliphatic rings. The third-order valence-electron chi connectivity index (χ3n) is 7.87. The molecule has 1 N–H and O–H groups in total. The lowest BCUT2D eigenvalue weighted by atomic mass is 9.60. The number of rotatable bonds is 7. The van der Waals surface area contributed by atoms with Gasteiger partial charge in [-0.3, -0.25) is 9.20 Å². The van der Waals surface area contributed by atoms with Gasteiger partial charge in [-0.1, -0.05) is 44.5 Å². The molecule has 2 bridgehead atoms. The van der Waals surface area contributed by atoms with Crippen molar-refractivity contribution < 1.29 is 9.53 Å². The van der Waals surface area contributed by atoms with E-state index in [1.165, 1.54) is 32.1 Å². The van der Waals surface area contributed by atoms with Crippen LogP contribution in [0.25, 0.3) is 5.65 Å². The third-order valence-corrected chi connectivity index (χ3v) is 8.09. The van der Waals surface area contributed by atoms with Crippen molar-refractivity contribution in [1.82, 2.24) is 14.7 Å². The van der Waals surface area contributed by atoms with Gasteiger partial charge in [-0.2, -0.15) is 0 Å². The first-order valence-electron chi connectivity index (χ1n) is 13.0. The molecule has 0 saturated heterocycles. The first-order valence-corrected chi connectivity index (χ1v) is 13.4. The van der Waals surface area contributed by atoms with E-state index in [0.717, 1.165) is 47.0 Å². The zero-order valence-corrected chi connectivity index (χ0v) is 21.8. The number of halogens is 1. The van der Waals surface area contributed by atoms with Crippen molar-refractivity contribution in [2.45, 2.75) is 65.8 Å². The summed E-state index contributed by atoms with van der Waals surface area (Å²) >= 11 is 6.16. The molecule has 2 saturated carbocycles. The number of nitrogens with zero attached hydrogens (tertiary/aromatic N) is 2. The van der Waals surface area contributed by atoms with E-state index in [1.54, 1.807) is 16.7 Å². The minimum absolute atomic E-state index is 0.151. The van der Waals surface area contributed by atoms with Gasteiger partial charge in [0.25, 0.3) is 5.91 Å². The van der Waals surface area contributed by atoms with Crippen LogP contribution in [0, 0.1) is 23.2 Å². The molecule has 3 aromatic rings. The van der Waals surface area contributed by atoms with Gasteiger partial charge in [0.05, 0.1) is 17.3 Å². The van der Waals surface area contributed by atoms with Crippen LogP contribution in [0.15, 0.2) is 42.6 Å². The molecule has 2 aromatic heterocycles. The third kappa shape index (κ3) is 5.35. The number of fused-ring (bicyclic) bond motifs is 3.